The lowest BCUT2D eigenvalue weighted by Gasteiger charge is -2.11. The fraction of sp³-hybridized carbons (Fsp3) is 0.0370. The smallest absolute Gasteiger partial charge is 0.0105 e. The summed E-state index contributed by atoms with van der Waals surface area (Å²) in [4.78, 5) is 0. The van der Waals surface area contributed by atoms with E-state index in [9.17, 15) is 0 Å². The zero-order chi connectivity index (χ0) is 18.2. The number of benzene rings is 5. The first-order chi connectivity index (χ1) is 13.3. The quantitative estimate of drug-likeness (QED) is 0.309. The Hall–Kier alpha value is -3.38. The van der Waals surface area contributed by atoms with E-state index in [1.807, 2.05) is 0 Å². The molecule has 5 aromatic carbocycles. The highest BCUT2D eigenvalue weighted by molar-refractivity contribution is 5.97. The summed E-state index contributed by atoms with van der Waals surface area (Å²) in [7, 11) is 0. The topological polar surface area (TPSA) is 0 Å². The fourth-order valence-electron chi connectivity index (χ4n) is 3.95. The van der Waals surface area contributed by atoms with E-state index in [1.165, 1.54) is 49.4 Å². The van der Waals surface area contributed by atoms with Gasteiger partial charge in [0.25, 0.3) is 0 Å². The van der Waals surface area contributed by atoms with Gasteiger partial charge in [0.05, 0.1) is 0 Å². The third-order valence-corrected chi connectivity index (χ3v) is 5.26. The van der Waals surface area contributed by atoms with E-state index in [-0.39, 0.29) is 0 Å². The summed E-state index contributed by atoms with van der Waals surface area (Å²) in [5.41, 5.74) is 6.37. The van der Waals surface area contributed by atoms with Crippen molar-refractivity contribution in [3.8, 4) is 22.3 Å². The van der Waals surface area contributed by atoms with Gasteiger partial charge in [-0.25, -0.2) is 0 Å². The molecule has 0 heterocycles. The summed E-state index contributed by atoms with van der Waals surface area (Å²) >= 11 is 0. The number of fused-ring (bicyclic) bond motifs is 2. The molecule has 128 valence electrons. The van der Waals surface area contributed by atoms with E-state index in [0.29, 0.717) is 0 Å². The Balaban J connectivity index is 1.70. The first-order valence-corrected chi connectivity index (χ1v) is 9.37. The first kappa shape index (κ1) is 15.8. The summed E-state index contributed by atoms with van der Waals surface area (Å²) in [6.45, 7) is 2.18. The molecule has 0 bridgehead atoms. The highest BCUT2D eigenvalue weighted by atomic mass is 14.1. The molecule has 0 saturated heterocycles. The minimum absolute atomic E-state index is 1.26. The van der Waals surface area contributed by atoms with Gasteiger partial charge in [0, 0.05) is 0 Å². The van der Waals surface area contributed by atoms with Gasteiger partial charge in [0.1, 0.15) is 0 Å². The van der Waals surface area contributed by atoms with Gasteiger partial charge in [-0.1, -0.05) is 91.0 Å². The second kappa shape index (κ2) is 6.41. The number of rotatable bonds is 2. The predicted molar refractivity (Wildman–Crippen MR) is 117 cm³/mol. The fourth-order valence-corrected chi connectivity index (χ4v) is 3.95. The SMILES string of the molecule is Cc1cc(-c2ccc3ccccc3c2)cc(-c2cccc3ccccc23)c1. The second-order valence-electron chi connectivity index (χ2n) is 7.18. The van der Waals surface area contributed by atoms with E-state index in [4.69, 9.17) is 0 Å². The largest absolute Gasteiger partial charge is 0.0616 e. The van der Waals surface area contributed by atoms with Crippen molar-refractivity contribution in [3.05, 3.63) is 109 Å². The van der Waals surface area contributed by atoms with Gasteiger partial charge < -0.3 is 0 Å². The molecule has 27 heavy (non-hydrogen) atoms. The Morgan fingerprint density at radius 3 is 2.04 bits per heavy atom. The predicted octanol–water partition coefficient (Wildman–Crippen LogP) is 7.64. The van der Waals surface area contributed by atoms with Crippen LogP contribution in [0.1, 0.15) is 5.56 Å². The zero-order valence-corrected chi connectivity index (χ0v) is 15.3. The average Bonchev–Trinajstić information content (AvgIpc) is 2.72. The van der Waals surface area contributed by atoms with Crippen LogP contribution >= 0.6 is 0 Å². The highest BCUT2D eigenvalue weighted by Crippen LogP contribution is 2.33. The Morgan fingerprint density at radius 2 is 1.15 bits per heavy atom. The monoisotopic (exact) mass is 344 g/mol. The highest BCUT2D eigenvalue weighted by Gasteiger charge is 2.07. The van der Waals surface area contributed by atoms with Gasteiger partial charge in [-0.15, -0.1) is 0 Å². The van der Waals surface area contributed by atoms with E-state index in [0.717, 1.165) is 0 Å². The molecule has 0 aliphatic rings. The van der Waals surface area contributed by atoms with Crippen molar-refractivity contribution in [3.63, 3.8) is 0 Å². The standard InChI is InChI=1S/C27H20/c1-19-15-24(23-14-13-20-7-2-3-9-22(20)17-23)18-25(16-19)27-12-6-10-21-8-4-5-11-26(21)27/h2-18H,1H3. The van der Waals surface area contributed by atoms with E-state index in [1.54, 1.807) is 0 Å². The molecule has 0 N–H and O–H groups in total. The molecule has 0 aliphatic heterocycles. The minimum atomic E-state index is 1.26. The van der Waals surface area contributed by atoms with E-state index >= 15 is 0 Å². The summed E-state index contributed by atoms with van der Waals surface area (Å²) in [5, 5.41) is 5.14. The number of hydrogen-bond donors (Lipinski definition) is 0. The molecule has 5 rings (SSSR count). The Kier molecular flexibility index (Phi) is 3.76. The minimum Gasteiger partial charge on any atom is -0.0616 e. The lowest BCUT2D eigenvalue weighted by molar-refractivity contribution is 1.47. The third-order valence-electron chi connectivity index (χ3n) is 5.26. The van der Waals surface area contributed by atoms with Crippen LogP contribution in [0.15, 0.2) is 103 Å². The molecule has 0 aromatic heterocycles. The van der Waals surface area contributed by atoms with Crippen molar-refractivity contribution >= 4 is 21.5 Å². The van der Waals surface area contributed by atoms with Crippen LogP contribution in [0.25, 0.3) is 43.8 Å². The molecule has 0 amide bonds. The molecule has 0 heteroatoms. The molecule has 0 nitrogen and oxygen atoms in total. The molecule has 0 fully saturated rings. The van der Waals surface area contributed by atoms with Gasteiger partial charge in [-0.05, 0) is 68.4 Å². The van der Waals surface area contributed by atoms with Gasteiger partial charge in [0.15, 0.2) is 0 Å². The summed E-state index contributed by atoms with van der Waals surface area (Å²) < 4.78 is 0. The van der Waals surface area contributed by atoms with Crippen molar-refractivity contribution in [1.82, 2.24) is 0 Å². The van der Waals surface area contributed by atoms with Crippen molar-refractivity contribution in [2.45, 2.75) is 6.92 Å². The van der Waals surface area contributed by atoms with Gasteiger partial charge in [0.2, 0.25) is 0 Å². The summed E-state index contributed by atoms with van der Waals surface area (Å²) in [5.74, 6) is 0. The lowest BCUT2D eigenvalue weighted by Crippen LogP contribution is -1.86. The van der Waals surface area contributed by atoms with Crippen molar-refractivity contribution in [2.24, 2.45) is 0 Å². The first-order valence-electron chi connectivity index (χ1n) is 9.37. The van der Waals surface area contributed by atoms with Gasteiger partial charge in [-0.3, -0.25) is 0 Å². The van der Waals surface area contributed by atoms with Crippen LogP contribution in [0, 0.1) is 6.92 Å². The molecule has 0 unspecified atom stereocenters. The van der Waals surface area contributed by atoms with Crippen LogP contribution in [0.4, 0.5) is 0 Å². The molecule has 5 aromatic rings. The van der Waals surface area contributed by atoms with Gasteiger partial charge in [-0.2, -0.15) is 0 Å². The molecule has 0 spiro atoms. The van der Waals surface area contributed by atoms with Crippen LogP contribution in [0.2, 0.25) is 0 Å². The van der Waals surface area contributed by atoms with E-state index < -0.39 is 0 Å². The molecule has 0 saturated carbocycles. The summed E-state index contributed by atoms with van der Waals surface area (Å²) in [6, 6.07) is 37.3. The Bertz CT molecular complexity index is 1270. The van der Waals surface area contributed by atoms with Crippen LogP contribution in [0.3, 0.4) is 0 Å². The molecule has 0 radical (unpaired) electrons. The number of hydrogen-bond acceptors (Lipinski definition) is 0. The molecule has 0 atom stereocenters. The zero-order valence-electron chi connectivity index (χ0n) is 15.3. The average molecular weight is 344 g/mol. The molecular weight excluding hydrogens is 324 g/mol. The Morgan fingerprint density at radius 1 is 0.444 bits per heavy atom. The van der Waals surface area contributed by atoms with E-state index in [2.05, 4.69) is 110 Å². The van der Waals surface area contributed by atoms with Crippen molar-refractivity contribution < 1.29 is 0 Å². The maximum atomic E-state index is 2.32. The van der Waals surface area contributed by atoms with Crippen molar-refractivity contribution in [1.29, 1.82) is 0 Å². The lowest BCUT2D eigenvalue weighted by atomic mass is 9.93. The van der Waals surface area contributed by atoms with Crippen LogP contribution in [0.5, 0.6) is 0 Å². The molecule has 0 aliphatic carbocycles. The normalized spacial score (nSPS) is 11.1. The second-order valence-corrected chi connectivity index (χ2v) is 7.18. The maximum Gasteiger partial charge on any atom is -0.0105 e. The van der Waals surface area contributed by atoms with Gasteiger partial charge >= 0.3 is 0 Å². The van der Waals surface area contributed by atoms with Crippen molar-refractivity contribution in [2.75, 3.05) is 0 Å². The van der Waals surface area contributed by atoms with Crippen LogP contribution < -0.4 is 0 Å². The Labute approximate surface area is 159 Å². The van der Waals surface area contributed by atoms with Crippen LogP contribution in [-0.2, 0) is 0 Å². The summed E-state index contributed by atoms with van der Waals surface area (Å²) in [6.07, 6.45) is 0. The molecular formula is C27H20. The number of aryl methyl sites for hydroxylation is 1. The van der Waals surface area contributed by atoms with Crippen LogP contribution in [-0.4, -0.2) is 0 Å². The maximum absolute atomic E-state index is 2.32. The third kappa shape index (κ3) is 2.90.